The molecule has 1 heterocycles. The van der Waals surface area contributed by atoms with Crippen molar-refractivity contribution in [3.63, 3.8) is 0 Å². The molecule has 3 aromatic rings. The Labute approximate surface area is 173 Å². The number of aromatic nitrogens is 1. The number of quaternary nitrogens is 1. The molecule has 0 saturated heterocycles. The Morgan fingerprint density at radius 2 is 1.79 bits per heavy atom. The van der Waals surface area contributed by atoms with Gasteiger partial charge in [0.05, 0.1) is 11.7 Å². The second-order valence-corrected chi connectivity index (χ2v) is 8.15. The minimum atomic E-state index is -0.467. The number of rotatable bonds is 10. The van der Waals surface area contributed by atoms with Gasteiger partial charge in [-0.05, 0) is 42.3 Å². The number of nitrogens with one attached hydrogen (secondary N) is 1. The lowest BCUT2D eigenvalue weighted by molar-refractivity contribution is -0.928. The highest BCUT2D eigenvalue weighted by atomic mass is 16.5. The molecule has 0 amide bonds. The minimum Gasteiger partial charge on any atom is -0.491 e. The number of hydrogen-bond donors (Lipinski definition) is 2. The first-order valence-electron chi connectivity index (χ1n) is 10.6. The van der Waals surface area contributed by atoms with Gasteiger partial charge in [0.15, 0.2) is 0 Å². The van der Waals surface area contributed by atoms with Gasteiger partial charge in [0.1, 0.15) is 31.5 Å². The summed E-state index contributed by atoms with van der Waals surface area (Å²) in [7, 11) is 0. The largest absolute Gasteiger partial charge is 0.491 e. The summed E-state index contributed by atoms with van der Waals surface area (Å²) in [5.41, 5.74) is 4.01. The van der Waals surface area contributed by atoms with E-state index in [-0.39, 0.29) is 0 Å². The second kappa shape index (κ2) is 9.29. The van der Waals surface area contributed by atoms with Crippen molar-refractivity contribution >= 4 is 0 Å². The van der Waals surface area contributed by atoms with Crippen LogP contribution in [-0.2, 0) is 13.1 Å². The number of hydrogen-bond acceptors (Lipinski definition) is 2. The molecule has 4 heteroatoms. The molecule has 29 heavy (non-hydrogen) atoms. The number of nitrogens with zero attached hydrogens (tertiary/aromatic N) is 1. The van der Waals surface area contributed by atoms with E-state index >= 15 is 0 Å². The Morgan fingerprint density at radius 3 is 2.55 bits per heavy atom. The third kappa shape index (κ3) is 5.49. The zero-order valence-electron chi connectivity index (χ0n) is 17.1. The summed E-state index contributed by atoms with van der Waals surface area (Å²) in [6.07, 6.45) is 4.20. The van der Waals surface area contributed by atoms with Gasteiger partial charge in [-0.1, -0.05) is 42.5 Å². The third-order valence-corrected chi connectivity index (χ3v) is 5.77. The van der Waals surface area contributed by atoms with E-state index in [0.717, 1.165) is 18.8 Å². The molecule has 0 aliphatic heterocycles. The fourth-order valence-electron chi connectivity index (χ4n) is 3.91. The summed E-state index contributed by atoms with van der Waals surface area (Å²) in [5.74, 6) is 0.812. The van der Waals surface area contributed by atoms with Crippen molar-refractivity contribution in [3.8, 4) is 5.75 Å². The number of aryl methyl sites for hydroxylation is 1. The van der Waals surface area contributed by atoms with E-state index in [2.05, 4.69) is 54.1 Å². The Morgan fingerprint density at radius 1 is 1.03 bits per heavy atom. The van der Waals surface area contributed by atoms with Crippen LogP contribution in [0.15, 0.2) is 72.9 Å². The van der Waals surface area contributed by atoms with Crippen molar-refractivity contribution in [3.05, 3.63) is 89.7 Å². The number of benzene rings is 2. The zero-order chi connectivity index (χ0) is 20.1. The first-order valence-corrected chi connectivity index (χ1v) is 10.6. The smallest absolute Gasteiger partial charge is 0.137 e. The van der Waals surface area contributed by atoms with Crippen LogP contribution in [0.3, 0.4) is 0 Å². The summed E-state index contributed by atoms with van der Waals surface area (Å²) in [4.78, 5) is 1.46. The maximum Gasteiger partial charge on any atom is 0.137 e. The van der Waals surface area contributed by atoms with Crippen LogP contribution in [0.2, 0.25) is 0 Å². The summed E-state index contributed by atoms with van der Waals surface area (Å²) in [6.45, 7) is 5.05. The molecule has 1 aromatic heterocycles. The van der Waals surface area contributed by atoms with Crippen molar-refractivity contribution in [2.45, 2.75) is 45.0 Å². The molecule has 1 aliphatic carbocycles. The number of aliphatic hydroxyl groups excluding tert-OH is 1. The van der Waals surface area contributed by atoms with Crippen LogP contribution >= 0.6 is 0 Å². The zero-order valence-corrected chi connectivity index (χ0v) is 17.1. The normalized spacial score (nSPS) is 15.8. The second-order valence-electron chi connectivity index (χ2n) is 8.15. The van der Waals surface area contributed by atoms with E-state index in [4.69, 9.17) is 4.74 Å². The van der Waals surface area contributed by atoms with Crippen molar-refractivity contribution in [1.82, 2.24) is 4.57 Å². The molecule has 152 valence electrons. The standard InChI is InChI=1S/C25H30N2O2/c1-20-8-5-6-9-21(20)16-26-15-7-10-23(26)17-27(22-13-14-22)18-24(28)19-29-25-11-3-2-4-12-25/h2-12,15,22,24,28H,13-14,16-19H2,1H3/p+1/t24-/m1/s1. The Kier molecular flexibility index (Phi) is 6.33. The van der Waals surface area contributed by atoms with Crippen LogP contribution in [0.4, 0.5) is 0 Å². The lowest BCUT2D eigenvalue weighted by Gasteiger charge is -2.23. The van der Waals surface area contributed by atoms with Gasteiger partial charge in [0.25, 0.3) is 0 Å². The van der Waals surface area contributed by atoms with Gasteiger partial charge in [-0.2, -0.15) is 0 Å². The lowest BCUT2D eigenvalue weighted by Crippen LogP contribution is -3.13. The molecule has 0 radical (unpaired) electrons. The van der Waals surface area contributed by atoms with Gasteiger partial charge < -0.3 is 19.3 Å². The maximum absolute atomic E-state index is 10.6. The molecule has 1 fully saturated rings. The van der Waals surface area contributed by atoms with Crippen LogP contribution in [0.1, 0.15) is 29.7 Å². The van der Waals surface area contributed by atoms with Gasteiger partial charge in [-0.15, -0.1) is 0 Å². The van der Waals surface area contributed by atoms with Gasteiger partial charge >= 0.3 is 0 Å². The van der Waals surface area contributed by atoms with Crippen LogP contribution in [0.25, 0.3) is 0 Å². The topological polar surface area (TPSA) is 38.8 Å². The Hall–Kier alpha value is -2.56. The highest BCUT2D eigenvalue weighted by Gasteiger charge is 2.35. The van der Waals surface area contributed by atoms with Crippen LogP contribution in [-0.4, -0.2) is 35.0 Å². The molecule has 4 nitrogen and oxygen atoms in total. The molecule has 1 unspecified atom stereocenters. The SMILES string of the molecule is Cc1ccccc1Cn1cccc1C[NH+](C[C@@H](O)COc1ccccc1)C1CC1. The van der Waals surface area contributed by atoms with Crippen LogP contribution in [0, 0.1) is 6.92 Å². The Balaban J connectivity index is 1.37. The highest BCUT2D eigenvalue weighted by Crippen LogP contribution is 2.17. The summed E-state index contributed by atoms with van der Waals surface area (Å²) in [6, 6.07) is 23.3. The molecular weight excluding hydrogens is 360 g/mol. The average Bonchev–Trinajstić information content (AvgIpc) is 3.50. The fraction of sp³-hybridized carbons (Fsp3) is 0.360. The highest BCUT2D eigenvalue weighted by molar-refractivity contribution is 5.26. The van der Waals surface area contributed by atoms with Crippen molar-refractivity contribution in [1.29, 1.82) is 0 Å². The molecule has 2 atom stereocenters. The van der Waals surface area contributed by atoms with Crippen LogP contribution in [0.5, 0.6) is 5.75 Å². The molecule has 0 spiro atoms. The predicted molar refractivity (Wildman–Crippen MR) is 115 cm³/mol. The van der Waals surface area contributed by atoms with E-state index in [1.165, 1.54) is 34.6 Å². The summed E-state index contributed by atoms with van der Waals surface area (Å²) in [5, 5.41) is 10.6. The maximum atomic E-state index is 10.6. The third-order valence-electron chi connectivity index (χ3n) is 5.77. The van der Waals surface area contributed by atoms with Crippen molar-refractivity contribution in [2.75, 3.05) is 13.2 Å². The first-order chi connectivity index (χ1) is 14.2. The number of aliphatic hydroxyl groups is 1. The summed E-state index contributed by atoms with van der Waals surface area (Å²) < 4.78 is 8.10. The minimum absolute atomic E-state index is 0.338. The molecule has 2 N–H and O–H groups in total. The fourth-order valence-corrected chi connectivity index (χ4v) is 3.91. The average molecular weight is 392 g/mol. The van der Waals surface area contributed by atoms with E-state index in [0.29, 0.717) is 19.2 Å². The first kappa shape index (κ1) is 19.7. The quantitative estimate of drug-likeness (QED) is 0.558. The molecule has 2 aromatic carbocycles. The molecule has 4 rings (SSSR count). The Bertz CT molecular complexity index is 902. The monoisotopic (exact) mass is 391 g/mol. The predicted octanol–water partition coefficient (Wildman–Crippen LogP) is 2.83. The lowest BCUT2D eigenvalue weighted by atomic mass is 10.1. The van der Waals surface area contributed by atoms with Crippen molar-refractivity contribution < 1.29 is 14.7 Å². The van der Waals surface area contributed by atoms with E-state index in [1.807, 2.05) is 30.3 Å². The molecule has 1 aliphatic rings. The molecule has 1 saturated carbocycles. The van der Waals surface area contributed by atoms with Crippen LogP contribution < -0.4 is 9.64 Å². The summed E-state index contributed by atoms with van der Waals surface area (Å²) >= 11 is 0. The van der Waals surface area contributed by atoms with Gasteiger partial charge in [-0.25, -0.2) is 0 Å². The molecular formula is C25H31N2O2+. The molecule has 0 bridgehead atoms. The number of ether oxygens (including phenoxy) is 1. The van der Waals surface area contributed by atoms with Gasteiger partial charge in [-0.3, -0.25) is 0 Å². The van der Waals surface area contributed by atoms with Gasteiger partial charge in [0, 0.05) is 25.6 Å². The van der Waals surface area contributed by atoms with Gasteiger partial charge in [0.2, 0.25) is 0 Å². The number of para-hydroxylation sites is 1. The van der Waals surface area contributed by atoms with E-state index in [9.17, 15) is 5.11 Å². The van der Waals surface area contributed by atoms with Crippen molar-refractivity contribution in [2.24, 2.45) is 0 Å². The van der Waals surface area contributed by atoms with E-state index in [1.54, 1.807) is 0 Å². The van der Waals surface area contributed by atoms with E-state index < -0.39 is 6.10 Å².